The Hall–Kier alpha value is -3.90. The van der Waals surface area contributed by atoms with Crippen LogP contribution < -0.4 is 5.32 Å². The molecular weight excluding hydrogens is 418 g/mol. The zero-order valence-corrected chi connectivity index (χ0v) is 18.1. The number of nitrogens with one attached hydrogen (secondary N) is 1. The van der Waals surface area contributed by atoms with Gasteiger partial charge in [0.05, 0.1) is 17.6 Å². The van der Waals surface area contributed by atoms with Crippen molar-refractivity contribution in [1.29, 1.82) is 0 Å². The van der Waals surface area contributed by atoms with Crippen molar-refractivity contribution in [3.05, 3.63) is 103 Å². The molecule has 4 nitrogen and oxygen atoms in total. The second-order valence-corrected chi connectivity index (χ2v) is 7.82. The van der Waals surface area contributed by atoms with Gasteiger partial charge in [-0.15, -0.1) is 0 Å². The summed E-state index contributed by atoms with van der Waals surface area (Å²) in [7, 11) is 0. The van der Waals surface area contributed by atoms with E-state index in [1.54, 1.807) is 18.5 Å². The Bertz CT molecular complexity index is 1440. The molecule has 6 heteroatoms. The van der Waals surface area contributed by atoms with Crippen molar-refractivity contribution in [2.24, 2.45) is 0 Å². The number of pyridine rings is 2. The van der Waals surface area contributed by atoms with Gasteiger partial charge in [-0.2, -0.15) is 0 Å². The predicted molar refractivity (Wildman–Crippen MR) is 127 cm³/mol. The van der Waals surface area contributed by atoms with Crippen LogP contribution in [0.2, 0.25) is 0 Å². The Morgan fingerprint density at radius 3 is 2.61 bits per heavy atom. The van der Waals surface area contributed by atoms with Crippen LogP contribution in [0, 0.1) is 11.6 Å². The molecule has 0 bridgehead atoms. The second-order valence-electron chi connectivity index (χ2n) is 7.82. The van der Waals surface area contributed by atoms with Crippen molar-refractivity contribution in [1.82, 2.24) is 19.7 Å². The van der Waals surface area contributed by atoms with E-state index in [0.717, 1.165) is 47.2 Å². The van der Waals surface area contributed by atoms with Crippen LogP contribution in [-0.2, 0) is 6.54 Å². The zero-order valence-electron chi connectivity index (χ0n) is 18.1. The minimum absolute atomic E-state index is 0.256. The van der Waals surface area contributed by atoms with Crippen LogP contribution in [-0.4, -0.2) is 20.9 Å². The topological polar surface area (TPSA) is 42.2 Å². The molecule has 0 saturated heterocycles. The molecule has 0 aliphatic carbocycles. The molecule has 5 aromatic rings. The molecule has 3 aromatic heterocycles. The standard InChI is InChI=1S/C27H22F2N4/c1-2-30-16-18-4-3-5-19(12-18)20-9-11-33-26(17-32-27(33)14-20)21-8-10-31-25(13-21)23-7-6-22(28)15-24(23)29/h3-15,17,30H,2,16H2,1H3. The first-order valence-corrected chi connectivity index (χ1v) is 10.8. The van der Waals surface area contributed by atoms with E-state index in [4.69, 9.17) is 0 Å². The van der Waals surface area contributed by atoms with Gasteiger partial charge in [-0.25, -0.2) is 13.8 Å². The van der Waals surface area contributed by atoms with E-state index in [0.29, 0.717) is 5.69 Å². The Balaban J connectivity index is 1.50. The van der Waals surface area contributed by atoms with Crippen LogP contribution in [0.1, 0.15) is 12.5 Å². The summed E-state index contributed by atoms with van der Waals surface area (Å²) in [5.74, 6) is -1.25. The lowest BCUT2D eigenvalue weighted by Gasteiger charge is -2.08. The minimum atomic E-state index is -0.640. The largest absolute Gasteiger partial charge is 0.313 e. The van der Waals surface area contributed by atoms with Gasteiger partial charge in [-0.05, 0) is 65.7 Å². The highest BCUT2D eigenvalue weighted by Gasteiger charge is 2.12. The average molecular weight is 440 g/mol. The average Bonchev–Trinajstić information content (AvgIpc) is 3.26. The van der Waals surface area contributed by atoms with Crippen LogP contribution >= 0.6 is 0 Å². The number of hydrogen-bond donors (Lipinski definition) is 1. The summed E-state index contributed by atoms with van der Waals surface area (Å²) in [6.07, 6.45) is 5.40. The first-order chi connectivity index (χ1) is 16.1. The third kappa shape index (κ3) is 4.25. The number of fused-ring (bicyclic) bond motifs is 1. The number of rotatable bonds is 6. The Labute approximate surface area is 190 Å². The van der Waals surface area contributed by atoms with Gasteiger partial charge in [0.1, 0.15) is 17.3 Å². The van der Waals surface area contributed by atoms with Crippen LogP contribution in [0.15, 0.2) is 85.3 Å². The molecular formula is C27H22F2N4. The van der Waals surface area contributed by atoms with E-state index in [-0.39, 0.29) is 5.56 Å². The first-order valence-electron chi connectivity index (χ1n) is 10.8. The fourth-order valence-electron chi connectivity index (χ4n) is 3.94. The van der Waals surface area contributed by atoms with Crippen LogP contribution in [0.25, 0.3) is 39.3 Å². The molecule has 0 saturated carbocycles. The fourth-order valence-corrected chi connectivity index (χ4v) is 3.94. The Kier molecular flexibility index (Phi) is 5.67. The molecule has 0 unspecified atom stereocenters. The van der Waals surface area contributed by atoms with Gasteiger partial charge in [0.2, 0.25) is 0 Å². The van der Waals surface area contributed by atoms with Gasteiger partial charge in [0.15, 0.2) is 0 Å². The quantitative estimate of drug-likeness (QED) is 0.346. The van der Waals surface area contributed by atoms with E-state index >= 15 is 0 Å². The molecule has 0 amide bonds. The lowest BCUT2D eigenvalue weighted by atomic mass is 10.0. The van der Waals surface area contributed by atoms with E-state index < -0.39 is 11.6 Å². The van der Waals surface area contributed by atoms with Crippen molar-refractivity contribution in [3.8, 4) is 33.6 Å². The molecule has 5 rings (SSSR count). The third-order valence-electron chi connectivity index (χ3n) is 5.62. The van der Waals surface area contributed by atoms with Crippen molar-refractivity contribution in [2.75, 3.05) is 6.54 Å². The number of halogens is 2. The number of aromatic nitrogens is 3. The smallest absolute Gasteiger partial charge is 0.137 e. The summed E-state index contributed by atoms with van der Waals surface area (Å²) in [4.78, 5) is 8.87. The third-order valence-corrected chi connectivity index (χ3v) is 5.62. The van der Waals surface area contributed by atoms with E-state index in [2.05, 4.69) is 58.6 Å². The normalized spacial score (nSPS) is 11.2. The minimum Gasteiger partial charge on any atom is -0.313 e. The maximum absolute atomic E-state index is 14.3. The van der Waals surface area contributed by atoms with E-state index in [9.17, 15) is 8.78 Å². The lowest BCUT2D eigenvalue weighted by Crippen LogP contribution is -2.11. The second kappa shape index (κ2) is 8.92. The van der Waals surface area contributed by atoms with Crippen LogP contribution in [0.3, 0.4) is 0 Å². The maximum atomic E-state index is 14.3. The van der Waals surface area contributed by atoms with Crippen molar-refractivity contribution >= 4 is 5.65 Å². The molecule has 0 aliphatic rings. The van der Waals surface area contributed by atoms with Crippen molar-refractivity contribution in [2.45, 2.75) is 13.5 Å². The van der Waals surface area contributed by atoms with Gasteiger partial charge in [-0.3, -0.25) is 9.38 Å². The molecule has 0 fully saturated rings. The number of benzene rings is 2. The molecule has 33 heavy (non-hydrogen) atoms. The van der Waals surface area contributed by atoms with E-state index in [1.165, 1.54) is 17.7 Å². The summed E-state index contributed by atoms with van der Waals surface area (Å²) in [6, 6.07) is 19.7. The number of hydrogen-bond acceptors (Lipinski definition) is 3. The van der Waals surface area contributed by atoms with Gasteiger partial charge < -0.3 is 5.32 Å². The van der Waals surface area contributed by atoms with Gasteiger partial charge >= 0.3 is 0 Å². The summed E-state index contributed by atoms with van der Waals surface area (Å²) in [5.41, 5.74) is 6.67. The van der Waals surface area contributed by atoms with Crippen molar-refractivity contribution in [3.63, 3.8) is 0 Å². The number of imidazole rings is 1. The zero-order chi connectivity index (χ0) is 22.8. The van der Waals surface area contributed by atoms with Gasteiger partial charge in [-0.1, -0.05) is 25.1 Å². The van der Waals surface area contributed by atoms with E-state index in [1.807, 2.05) is 16.7 Å². The van der Waals surface area contributed by atoms with Crippen LogP contribution in [0.5, 0.6) is 0 Å². The fraction of sp³-hybridized carbons (Fsp3) is 0.111. The first kappa shape index (κ1) is 21.0. The highest BCUT2D eigenvalue weighted by molar-refractivity contribution is 5.73. The molecule has 1 N–H and O–H groups in total. The molecule has 3 heterocycles. The SMILES string of the molecule is CCNCc1cccc(-c2ccn3c(-c4ccnc(-c5ccc(F)cc5F)c4)cnc3c2)c1. The highest BCUT2D eigenvalue weighted by Crippen LogP contribution is 2.29. The Morgan fingerprint density at radius 1 is 0.879 bits per heavy atom. The van der Waals surface area contributed by atoms with Gasteiger partial charge in [0, 0.05) is 36.1 Å². The number of nitrogens with zero attached hydrogens (tertiary/aromatic N) is 3. The van der Waals surface area contributed by atoms with Crippen molar-refractivity contribution < 1.29 is 8.78 Å². The van der Waals surface area contributed by atoms with Gasteiger partial charge in [0.25, 0.3) is 0 Å². The summed E-state index contributed by atoms with van der Waals surface area (Å²) >= 11 is 0. The Morgan fingerprint density at radius 2 is 1.76 bits per heavy atom. The molecule has 0 aliphatic heterocycles. The molecule has 2 aromatic carbocycles. The summed E-state index contributed by atoms with van der Waals surface area (Å²) in [5, 5.41) is 3.35. The van der Waals surface area contributed by atoms with Crippen LogP contribution in [0.4, 0.5) is 8.78 Å². The molecule has 0 atom stereocenters. The molecule has 0 radical (unpaired) electrons. The lowest BCUT2D eigenvalue weighted by molar-refractivity contribution is 0.585. The maximum Gasteiger partial charge on any atom is 0.137 e. The molecule has 164 valence electrons. The molecule has 0 spiro atoms. The summed E-state index contributed by atoms with van der Waals surface area (Å²) in [6.45, 7) is 3.85. The predicted octanol–water partition coefficient (Wildman–Crippen LogP) is 6.12. The summed E-state index contributed by atoms with van der Waals surface area (Å²) < 4.78 is 29.6. The monoisotopic (exact) mass is 440 g/mol. The highest BCUT2D eigenvalue weighted by atomic mass is 19.1.